The average Bonchev–Trinajstić information content (AvgIpc) is 3.34. The summed E-state index contributed by atoms with van der Waals surface area (Å²) in [6.45, 7) is 8.97. The van der Waals surface area contributed by atoms with Crippen molar-refractivity contribution in [2.75, 3.05) is 31.2 Å². The molecule has 0 spiro atoms. The maximum atomic E-state index is 12.6. The summed E-state index contributed by atoms with van der Waals surface area (Å²) < 4.78 is 7.61. The van der Waals surface area contributed by atoms with Crippen molar-refractivity contribution in [1.82, 2.24) is 24.7 Å². The second-order valence-electron chi connectivity index (χ2n) is 7.77. The Hall–Kier alpha value is -2.69. The van der Waals surface area contributed by atoms with Gasteiger partial charge in [0.2, 0.25) is 5.95 Å². The van der Waals surface area contributed by atoms with Gasteiger partial charge < -0.3 is 14.6 Å². The van der Waals surface area contributed by atoms with Gasteiger partial charge in [0.25, 0.3) is 5.56 Å². The predicted molar refractivity (Wildman–Crippen MR) is 128 cm³/mol. The van der Waals surface area contributed by atoms with Crippen LogP contribution in [-0.2, 0) is 10.5 Å². The summed E-state index contributed by atoms with van der Waals surface area (Å²) in [5.41, 5.74) is 3.11. The van der Waals surface area contributed by atoms with E-state index in [1.54, 1.807) is 11.3 Å². The van der Waals surface area contributed by atoms with Gasteiger partial charge in [-0.25, -0.2) is 4.98 Å². The number of hydrogen-bond acceptors (Lipinski definition) is 8. The van der Waals surface area contributed by atoms with Gasteiger partial charge in [0, 0.05) is 18.0 Å². The van der Waals surface area contributed by atoms with Gasteiger partial charge in [-0.05, 0) is 38.0 Å². The van der Waals surface area contributed by atoms with Crippen molar-refractivity contribution in [2.24, 2.45) is 0 Å². The number of anilines is 1. The molecule has 10 heteroatoms. The van der Waals surface area contributed by atoms with E-state index in [9.17, 15) is 4.79 Å². The average molecular weight is 469 g/mol. The molecule has 0 radical (unpaired) electrons. The van der Waals surface area contributed by atoms with Crippen LogP contribution in [0.1, 0.15) is 21.8 Å². The van der Waals surface area contributed by atoms with Crippen LogP contribution in [0.4, 0.5) is 5.95 Å². The first-order valence-electron chi connectivity index (χ1n) is 10.5. The normalized spacial score (nSPS) is 14.4. The third-order valence-corrected chi connectivity index (χ3v) is 7.73. The molecule has 1 aromatic carbocycles. The van der Waals surface area contributed by atoms with Gasteiger partial charge in [-0.1, -0.05) is 30.0 Å². The van der Waals surface area contributed by atoms with Crippen LogP contribution < -0.4 is 10.5 Å². The minimum atomic E-state index is -0.0816. The molecule has 4 aromatic rings. The number of thiophene rings is 1. The summed E-state index contributed by atoms with van der Waals surface area (Å²) in [5, 5.41) is 10.5. The Balaban J connectivity index is 1.50. The lowest BCUT2D eigenvalue weighted by molar-refractivity contribution is 0.122. The maximum Gasteiger partial charge on any atom is 0.259 e. The number of hydrogen-bond donors (Lipinski definition) is 1. The molecular weight excluding hydrogens is 444 g/mol. The smallest absolute Gasteiger partial charge is 0.259 e. The molecule has 3 aromatic heterocycles. The molecule has 4 heterocycles. The Morgan fingerprint density at radius 2 is 1.94 bits per heavy atom. The second kappa shape index (κ2) is 8.68. The quantitative estimate of drug-likeness (QED) is 0.448. The highest BCUT2D eigenvalue weighted by Gasteiger charge is 2.23. The van der Waals surface area contributed by atoms with E-state index in [2.05, 4.69) is 43.7 Å². The van der Waals surface area contributed by atoms with Crippen LogP contribution in [0.3, 0.4) is 0 Å². The maximum absolute atomic E-state index is 12.6. The SMILES string of the molecule is Cc1ccccc1-n1c(SCc2nc3sc(C)c(C)c3c(=O)[nH]2)nnc1N1CCOCC1. The van der Waals surface area contributed by atoms with Crippen molar-refractivity contribution in [3.63, 3.8) is 0 Å². The number of para-hydroxylation sites is 1. The zero-order valence-corrected chi connectivity index (χ0v) is 19.8. The number of ether oxygens (including phenoxy) is 1. The van der Waals surface area contributed by atoms with E-state index in [0.29, 0.717) is 30.2 Å². The lowest BCUT2D eigenvalue weighted by Crippen LogP contribution is -2.38. The minimum Gasteiger partial charge on any atom is -0.378 e. The van der Waals surface area contributed by atoms with E-state index >= 15 is 0 Å². The Morgan fingerprint density at radius 3 is 2.72 bits per heavy atom. The lowest BCUT2D eigenvalue weighted by atomic mass is 10.2. The van der Waals surface area contributed by atoms with Gasteiger partial charge in [0.1, 0.15) is 10.7 Å². The van der Waals surface area contributed by atoms with Gasteiger partial charge in [0.05, 0.1) is 30.0 Å². The van der Waals surface area contributed by atoms with Gasteiger partial charge in [-0.2, -0.15) is 0 Å². The molecule has 0 unspecified atom stereocenters. The number of benzene rings is 1. The molecule has 0 amide bonds. The van der Waals surface area contributed by atoms with Gasteiger partial charge in [0.15, 0.2) is 5.16 Å². The summed E-state index contributed by atoms with van der Waals surface area (Å²) in [4.78, 5) is 24.4. The Labute approximate surface area is 193 Å². The number of morpholine rings is 1. The van der Waals surface area contributed by atoms with E-state index in [1.165, 1.54) is 11.8 Å². The fourth-order valence-corrected chi connectivity index (χ4v) is 5.71. The fourth-order valence-electron chi connectivity index (χ4n) is 3.85. The molecule has 1 fully saturated rings. The highest BCUT2D eigenvalue weighted by molar-refractivity contribution is 7.98. The minimum absolute atomic E-state index is 0.0816. The van der Waals surface area contributed by atoms with Crippen molar-refractivity contribution in [1.29, 1.82) is 0 Å². The number of rotatable bonds is 5. The molecule has 0 saturated carbocycles. The molecule has 5 rings (SSSR count). The first-order valence-corrected chi connectivity index (χ1v) is 12.3. The molecule has 1 saturated heterocycles. The van der Waals surface area contributed by atoms with Crippen molar-refractivity contribution >= 4 is 39.3 Å². The standard InChI is InChI=1S/C22H24N6O2S2/c1-13-6-4-5-7-16(13)28-21(27-8-10-30-11-9-27)25-26-22(28)31-12-17-23-19(29)18-14(2)15(3)32-20(18)24-17/h4-7H,8-12H2,1-3H3,(H,23,24,29). The zero-order chi connectivity index (χ0) is 22.2. The van der Waals surface area contributed by atoms with E-state index < -0.39 is 0 Å². The van der Waals surface area contributed by atoms with Crippen molar-refractivity contribution in [2.45, 2.75) is 31.7 Å². The first kappa shape index (κ1) is 21.2. The summed E-state index contributed by atoms with van der Waals surface area (Å²) in [6, 6.07) is 8.21. The lowest BCUT2D eigenvalue weighted by Gasteiger charge is -2.28. The Morgan fingerprint density at radius 1 is 1.16 bits per heavy atom. The number of aryl methyl sites for hydroxylation is 3. The number of nitrogens with one attached hydrogen (secondary N) is 1. The van der Waals surface area contributed by atoms with Crippen LogP contribution in [0.5, 0.6) is 0 Å². The number of aromatic nitrogens is 5. The van der Waals surface area contributed by atoms with Crippen LogP contribution >= 0.6 is 23.1 Å². The van der Waals surface area contributed by atoms with E-state index in [1.807, 2.05) is 26.0 Å². The van der Waals surface area contributed by atoms with Gasteiger partial charge in [-0.15, -0.1) is 21.5 Å². The number of thioether (sulfide) groups is 1. The molecule has 1 aliphatic heterocycles. The van der Waals surface area contributed by atoms with Crippen LogP contribution in [0.15, 0.2) is 34.2 Å². The van der Waals surface area contributed by atoms with E-state index in [4.69, 9.17) is 9.72 Å². The highest BCUT2D eigenvalue weighted by Crippen LogP contribution is 2.31. The van der Waals surface area contributed by atoms with Gasteiger partial charge >= 0.3 is 0 Å². The monoisotopic (exact) mass is 468 g/mol. The third kappa shape index (κ3) is 3.82. The Bertz CT molecular complexity index is 1340. The molecule has 8 nitrogen and oxygen atoms in total. The fraction of sp³-hybridized carbons (Fsp3) is 0.364. The van der Waals surface area contributed by atoms with Crippen LogP contribution in [0, 0.1) is 20.8 Å². The van der Waals surface area contributed by atoms with Gasteiger partial charge in [-0.3, -0.25) is 9.36 Å². The molecular formula is C22H24N6O2S2. The molecule has 0 aliphatic carbocycles. The van der Waals surface area contributed by atoms with Crippen LogP contribution in [0.2, 0.25) is 0 Å². The molecule has 32 heavy (non-hydrogen) atoms. The summed E-state index contributed by atoms with van der Waals surface area (Å²) in [7, 11) is 0. The first-order chi connectivity index (χ1) is 15.5. The molecule has 1 N–H and O–H groups in total. The number of H-pyrrole nitrogens is 1. The molecule has 1 aliphatic rings. The highest BCUT2D eigenvalue weighted by atomic mass is 32.2. The predicted octanol–water partition coefficient (Wildman–Crippen LogP) is 3.62. The largest absolute Gasteiger partial charge is 0.378 e. The summed E-state index contributed by atoms with van der Waals surface area (Å²) in [6.07, 6.45) is 0. The third-order valence-electron chi connectivity index (χ3n) is 5.69. The van der Waals surface area contributed by atoms with Crippen molar-refractivity contribution < 1.29 is 4.74 Å². The Kier molecular flexibility index (Phi) is 5.75. The summed E-state index contributed by atoms with van der Waals surface area (Å²) >= 11 is 3.08. The number of aromatic amines is 1. The van der Waals surface area contributed by atoms with Crippen LogP contribution in [0.25, 0.3) is 15.9 Å². The number of nitrogens with zero attached hydrogens (tertiary/aromatic N) is 5. The summed E-state index contributed by atoms with van der Waals surface area (Å²) in [5.74, 6) is 1.95. The molecule has 0 bridgehead atoms. The number of fused-ring (bicyclic) bond motifs is 1. The molecule has 0 atom stereocenters. The van der Waals surface area contributed by atoms with Crippen molar-refractivity contribution in [3.8, 4) is 5.69 Å². The van der Waals surface area contributed by atoms with Crippen LogP contribution in [-0.4, -0.2) is 51.0 Å². The molecule has 166 valence electrons. The van der Waals surface area contributed by atoms with Crippen molar-refractivity contribution in [3.05, 3.63) is 56.4 Å². The second-order valence-corrected chi connectivity index (χ2v) is 9.91. The topological polar surface area (TPSA) is 88.9 Å². The van der Waals surface area contributed by atoms with E-state index in [0.717, 1.165) is 50.7 Å². The zero-order valence-electron chi connectivity index (χ0n) is 18.2. The van der Waals surface area contributed by atoms with E-state index in [-0.39, 0.29) is 5.56 Å².